The third kappa shape index (κ3) is 1.82. The smallest absolute Gasteiger partial charge is 0.0490 e. The van der Waals surface area contributed by atoms with Gasteiger partial charge in [0.1, 0.15) is 0 Å². The number of fused-ring (bicyclic) bond motifs is 1. The maximum atomic E-state index is 9.34. The van der Waals surface area contributed by atoms with Gasteiger partial charge in [-0.05, 0) is 54.7 Å². The average molecular weight is 217 g/mol. The second-order valence-electron chi connectivity index (χ2n) is 5.36. The fourth-order valence-corrected chi connectivity index (χ4v) is 2.64. The number of hydrogen-bond acceptors (Lipinski definition) is 2. The molecule has 1 aromatic rings. The van der Waals surface area contributed by atoms with Crippen molar-refractivity contribution in [3.63, 3.8) is 0 Å². The Kier molecular flexibility index (Phi) is 2.40. The molecule has 1 aliphatic carbocycles. The molecule has 0 unspecified atom stereocenters. The standard InChI is InChI=1S/C14H19NO/c16-10-14(5-6-14)9-11-3-4-13-12(8-11)2-1-7-15-13/h3-4,8,15-16H,1-2,5-7,9-10H2. The number of hydrogen-bond donors (Lipinski definition) is 2. The van der Waals surface area contributed by atoms with Crippen LogP contribution in [0.3, 0.4) is 0 Å². The molecular weight excluding hydrogens is 198 g/mol. The van der Waals surface area contributed by atoms with Gasteiger partial charge in [-0.15, -0.1) is 0 Å². The molecule has 1 saturated carbocycles. The summed E-state index contributed by atoms with van der Waals surface area (Å²) in [5, 5.41) is 12.8. The van der Waals surface area contributed by atoms with Gasteiger partial charge in [-0.2, -0.15) is 0 Å². The summed E-state index contributed by atoms with van der Waals surface area (Å²) in [7, 11) is 0. The number of nitrogens with one attached hydrogen (secondary N) is 1. The number of rotatable bonds is 3. The Bertz CT molecular complexity index is 396. The Morgan fingerprint density at radius 3 is 2.94 bits per heavy atom. The van der Waals surface area contributed by atoms with E-state index in [2.05, 4.69) is 23.5 Å². The minimum Gasteiger partial charge on any atom is -0.396 e. The first-order valence-electron chi connectivity index (χ1n) is 6.28. The van der Waals surface area contributed by atoms with Crippen LogP contribution in [-0.4, -0.2) is 18.3 Å². The number of aliphatic hydroxyl groups is 1. The van der Waals surface area contributed by atoms with Gasteiger partial charge in [-0.3, -0.25) is 0 Å². The van der Waals surface area contributed by atoms with Crippen LogP contribution in [0.4, 0.5) is 5.69 Å². The van der Waals surface area contributed by atoms with E-state index in [0.717, 1.165) is 13.0 Å². The van der Waals surface area contributed by atoms with Crippen molar-refractivity contribution in [2.75, 3.05) is 18.5 Å². The van der Waals surface area contributed by atoms with Crippen LogP contribution in [-0.2, 0) is 12.8 Å². The lowest BCUT2D eigenvalue weighted by atomic mass is 9.93. The van der Waals surface area contributed by atoms with Crippen LogP contribution in [0.2, 0.25) is 0 Å². The molecule has 0 radical (unpaired) electrons. The second kappa shape index (κ2) is 3.77. The number of aliphatic hydroxyl groups excluding tert-OH is 1. The molecule has 1 aliphatic heterocycles. The van der Waals surface area contributed by atoms with Gasteiger partial charge in [0.25, 0.3) is 0 Å². The lowest BCUT2D eigenvalue weighted by molar-refractivity contribution is 0.211. The largest absolute Gasteiger partial charge is 0.396 e. The molecule has 2 heteroatoms. The molecule has 2 aliphatic rings. The second-order valence-corrected chi connectivity index (χ2v) is 5.36. The van der Waals surface area contributed by atoms with Crippen LogP contribution in [0, 0.1) is 5.41 Å². The van der Waals surface area contributed by atoms with Gasteiger partial charge in [0.05, 0.1) is 0 Å². The van der Waals surface area contributed by atoms with Crippen molar-refractivity contribution in [1.29, 1.82) is 0 Å². The highest BCUT2D eigenvalue weighted by Crippen LogP contribution is 2.48. The third-order valence-corrected chi connectivity index (χ3v) is 3.98. The van der Waals surface area contributed by atoms with E-state index in [1.807, 2.05) is 0 Å². The van der Waals surface area contributed by atoms with Crippen LogP contribution in [0.1, 0.15) is 30.4 Å². The number of anilines is 1. The molecular formula is C14H19NO. The Hall–Kier alpha value is -1.02. The van der Waals surface area contributed by atoms with Gasteiger partial charge in [0.2, 0.25) is 0 Å². The summed E-state index contributed by atoms with van der Waals surface area (Å²) >= 11 is 0. The van der Waals surface area contributed by atoms with Gasteiger partial charge < -0.3 is 10.4 Å². The van der Waals surface area contributed by atoms with Crippen molar-refractivity contribution in [3.8, 4) is 0 Å². The van der Waals surface area contributed by atoms with Crippen molar-refractivity contribution in [1.82, 2.24) is 0 Å². The minimum absolute atomic E-state index is 0.232. The van der Waals surface area contributed by atoms with Crippen molar-refractivity contribution in [3.05, 3.63) is 29.3 Å². The first-order chi connectivity index (χ1) is 7.81. The van der Waals surface area contributed by atoms with E-state index >= 15 is 0 Å². The lowest BCUT2D eigenvalue weighted by Gasteiger charge is -2.20. The topological polar surface area (TPSA) is 32.3 Å². The zero-order valence-corrected chi connectivity index (χ0v) is 9.63. The van der Waals surface area contributed by atoms with Crippen LogP contribution in [0.5, 0.6) is 0 Å². The van der Waals surface area contributed by atoms with Crippen LogP contribution in [0.25, 0.3) is 0 Å². The Labute approximate surface area is 96.7 Å². The SMILES string of the molecule is OCC1(Cc2ccc3c(c2)CCCN3)CC1. The maximum Gasteiger partial charge on any atom is 0.0490 e. The average Bonchev–Trinajstić information content (AvgIpc) is 3.09. The summed E-state index contributed by atoms with van der Waals surface area (Å²) in [4.78, 5) is 0. The molecule has 1 fully saturated rings. The first kappa shape index (κ1) is 10.2. The summed E-state index contributed by atoms with van der Waals surface area (Å²) in [5.41, 5.74) is 4.39. The van der Waals surface area contributed by atoms with E-state index in [0.29, 0.717) is 6.61 Å². The Morgan fingerprint density at radius 1 is 1.31 bits per heavy atom. The van der Waals surface area contributed by atoms with Crippen LogP contribution in [0.15, 0.2) is 18.2 Å². The number of benzene rings is 1. The van der Waals surface area contributed by atoms with E-state index in [9.17, 15) is 5.11 Å². The summed E-state index contributed by atoms with van der Waals surface area (Å²) in [6.07, 6.45) is 5.87. The van der Waals surface area contributed by atoms with E-state index in [1.165, 1.54) is 42.5 Å². The third-order valence-electron chi connectivity index (χ3n) is 3.98. The zero-order chi connectivity index (χ0) is 11.0. The van der Waals surface area contributed by atoms with Gasteiger partial charge in [0.15, 0.2) is 0 Å². The van der Waals surface area contributed by atoms with E-state index in [4.69, 9.17) is 0 Å². The molecule has 3 rings (SSSR count). The molecule has 0 atom stereocenters. The molecule has 86 valence electrons. The maximum absolute atomic E-state index is 9.34. The quantitative estimate of drug-likeness (QED) is 0.814. The van der Waals surface area contributed by atoms with E-state index < -0.39 is 0 Å². The van der Waals surface area contributed by atoms with Gasteiger partial charge in [-0.25, -0.2) is 0 Å². The van der Waals surface area contributed by atoms with Crippen LogP contribution >= 0.6 is 0 Å². The normalized spacial score (nSPS) is 21.1. The van der Waals surface area contributed by atoms with Gasteiger partial charge >= 0.3 is 0 Å². The van der Waals surface area contributed by atoms with Gasteiger partial charge in [0, 0.05) is 18.8 Å². The fraction of sp³-hybridized carbons (Fsp3) is 0.571. The fourth-order valence-electron chi connectivity index (χ4n) is 2.64. The molecule has 1 heterocycles. The molecule has 1 aromatic carbocycles. The molecule has 0 spiro atoms. The monoisotopic (exact) mass is 217 g/mol. The lowest BCUT2D eigenvalue weighted by Crippen LogP contribution is -2.14. The molecule has 2 N–H and O–H groups in total. The highest BCUT2D eigenvalue weighted by atomic mass is 16.3. The highest BCUT2D eigenvalue weighted by Gasteiger charge is 2.41. The zero-order valence-electron chi connectivity index (χ0n) is 9.63. The Balaban J connectivity index is 1.80. The predicted molar refractivity (Wildman–Crippen MR) is 65.7 cm³/mol. The predicted octanol–water partition coefficient (Wildman–Crippen LogP) is 2.36. The van der Waals surface area contributed by atoms with Crippen LogP contribution < -0.4 is 5.32 Å². The number of aryl methyl sites for hydroxylation is 1. The van der Waals surface area contributed by atoms with E-state index in [1.54, 1.807) is 0 Å². The summed E-state index contributed by atoms with van der Waals surface area (Å²) in [6.45, 7) is 1.45. The molecule has 0 saturated heterocycles. The molecule has 16 heavy (non-hydrogen) atoms. The van der Waals surface area contributed by atoms with Crippen molar-refractivity contribution in [2.45, 2.75) is 32.1 Å². The summed E-state index contributed by atoms with van der Waals surface area (Å²) in [5.74, 6) is 0. The summed E-state index contributed by atoms with van der Waals surface area (Å²) in [6, 6.07) is 6.75. The summed E-state index contributed by atoms with van der Waals surface area (Å²) < 4.78 is 0. The molecule has 2 nitrogen and oxygen atoms in total. The van der Waals surface area contributed by atoms with Crippen molar-refractivity contribution in [2.24, 2.45) is 5.41 Å². The van der Waals surface area contributed by atoms with E-state index in [-0.39, 0.29) is 5.41 Å². The highest BCUT2D eigenvalue weighted by molar-refractivity contribution is 5.54. The minimum atomic E-state index is 0.232. The Morgan fingerprint density at radius 2 is 2.19 bits per heavy atom. The first-order valence-corrected chi connectivity index (χ1v) is 6.28. The van der Waals surface area contributed by atoms with Crippen molar-refractivity contribution >= 4 is 5.69 Å². The molecule has 0 bridgehead atoms. The molecule has 0 amide bonds. The van der Waals surface area contributed by atoms with Crippen molar-refractivity contribution < 1.29 is 5.11 Å². The van der Waals surface area contributed by atoms with Gasteiger partial charge in [-0.1, -0.05) is 12.1 Å². The molecule has 0 aromatic heterocycles.